The van der Waals surface area contributed by atoms with E-state index in [1.807, 2.05) is 0 Å². The molecule has 0 aromatic carbocycles. The third-order valence-electron chi connectivity index (χ3n) is 2.18. The van der Waals surface area contributed by atoms with E-state index in [0.29, 0.717) is 11.4 Å². The molecule has 0 aliphatic carbocycles. The van der Waals surface area contributed by atoms with Gasteiger partial charge >= 0.3 is 5.97 Å². The van der Waals surface area contributed by atoms with Crippen LogP contribution in [0.25, 0.3) is 0 Å². The minimum Gasteiger partial charge on any atom is -0.452 e. The van der Waals surface area contributed by atoms with E-state index in [1.54, 1.807) is 24.4 Å². The average Bonchev–Trinajstić information content (AvgIpc) is 2.47. The first-order valence-corrected chi connectivity index (χ1v) is 5.54. The zero-order valence-corrected chi connectivity index (χ0v) is 9.95. The minimum atomic E-state index is -0.571. The second-order valence-corrected chi connectivity index (χ2v) is 3.58. The maximum atomic E-state index is 11.6. The standard InChI is InChI=1S/C13H11N3O3/c17-12(16-11-3-1-2-6-15-11)9-19-13(18)10-4-7-14-8-5-10/h1-8H,9H2,(H,15,16,17). The van der Waals surface area contributed by atoms with Crippen LogP contribution in [-0.2, 0) is 9.53 Å². The third kappa shape index (κ3) is 3.88. The SMILES string of the molecule is O=C(COC(=O)c1ccncc1)Nc1ccccn1. The van der Waals surface area contributed by atoms with Crippen LogP contribution in [-0.4, -0.2) is 28.5 Å². The Labute approximate surface area is 109 Å². The lowest BCUT2D eigenvalue weighted by Gasteiger charge is -2.05. The fourth-order valence-corrected chi connectivity index (χ4v) is 1.32. The molecule has 0 bridgehead atoms. The van der Waals surface area contributed by atoms with Gasteiger partial charge in [-0.05, 0) is 24.3 Å². The predicted molar refractivity (Wildman–Crippen MR) is 67.4 cm³/mol. The van der Waals surface area contributed by atoms with Crippen molar-refractivity contribution in [3.05, 3.63) is 54.5 Å². The molecule has 0 saturated heterocycles. The molecule has 0 fully saturated rings. The number of esters is 1. The Morgan fingerprint density at radius 2 is 1.89 bits per heavy atom. The molecule has 6 nitrogen and oxygen atoms in total. The number of amides is 1. The Balaban J connectivity index is 1.83. The average molecular weight is 257 g/mol. The molecule has 0 radical (unpaired) electrons. The number of nitrogens with one attached hydrogen (secondary N) is 1. The highest BCUT2D eigenvalue weighted by Gasteiger charge is 2.09. The van der Waals surface area contributed by atoms with Gasteiger partial charge in [0.05, 0.1) is 5.56 Å². The molecule has 2 aromatic rings. The molecule has 0 aliphatic heterocycles. The van der Waals surface area contributed by atoms with Crippen molar-refractivity contribution in [3.63, 3.8) is 0 Å². The lowest BCUT2D eigenvalue weighted by molar-refractivity contribution is -0.119. The van der Waals surface area contributed by atoms with E-state index in [4.69, 9.17) is 4.74 Å². The monoisotopic (exact) mass is 257 g/mol. The number of carbonyl (C=O) groups excluding carboxylic acids is 2. The van der Waals surface area contributed by atoms with Crippen molar-refractivity contribution in [1.29, 1.82) is 0 Å². The van der Waals surface area contributed by atoms with Gasteiger partial charge in [-0.1, -0.05) is 6.07 Å². The van der Waals surface area contributed by atoms with Gasteiger partial charge in [0.2, 0.25) is 0 Å². The van der Waals surface area contributed by atoms with Crippen LogP contribution >= 0.6 is 0 Å². The molecule has 1 N–H and O–H groups in total. The first-order valence-electron chi connectivity index (χ1n) is 5.54. The Kier molecular flexibility index (Phi) is 4.17. The molecule has 19 heavy (non-hydrogen) atoms. The Hall–Kier alpha value is -2.76. The van der Waals surface area contributed by atoms with Gasteiger partial charge < -0.3 is 10.1 Å². The number of pyridine rings is 2. The summed E-state index contributed by atoms with van der Waals surface area (Å²) in [6.07, 6.45) is 4.51. The molecule has 0 unspecified atom stereocenters. The zero-order valence-electron chi connectivity index (χ0n) is 9.95. The van der Waals surface area contributed by atoms with Crippen LogP contribution in [0.4, 0.5) is 5.82 Å². The van der Waals surface area contributed by atoms with Gasteiger partial charge in [0, 0.05) is 18.6 Å². The summed E-state index contributed by atoms with van der Waals surface area (Å²) in [6.45, 7) is -0.363. The van der Waals surface area contributed by atoms with E-state index < -0.39 is 11.9 Å². The van der Waals surface area contributed by atoms with E-state index in [2.05, 4.69) is 15.3 Å². The predicted octanol–water partition coefficient (Wildman–Crippen LogP) is 1.27. The van der Waals surface area contributed by atoms with E-state index in [1.165, 1.54) is 24.5 Å². The zero-order chi connectivity index (χ0) is 13.5. The number of rotatable bonds is 4. The number of aromatic nitrogens is 2. The summed E-state index contributed by atoms with van der Waals surface area (Å²) < 4.78 is 4.86. The van der Waals surface area contributed by atoms with Crippen LogP contribution in [0.3, 0.4) is 0 Å². The molecule has 96 valence electrons. The molecule has 6 heteroatoms. The van der Waals surface area contributed by atoms with E-state index in [-0.39, 0.29) is 6.61 Å². The number of hydrogen-bond acceptors (Lipinski definition) is 5. The van der Waals surface area contributed by atoms with Gasteiger partial charge in [0.25, 0.3) is 5.91 Å². The second kappa shape index (κ2) is 6.25. The van der Waals surface area contributed by atoms with Gasteiger partial charge in [0.1, 0.15) is 5.82 Å². The van der Waals surface area contributed by atoms with Gasteiger partial charge in [-0.15, -0.1) is 0 Å². The third-order valence-corrected chi connectivity index (χ3v) is 2.18. The largest absolute Gasteiger partial charge is 0.452 e. The topological polar surface area (TPSA) is 81.2 Å². The van der Waals surface area contributed by atoms with E-state index in [0.717, 1.165) is 0 Å². The second-order valence-electron chi connectivity index (χ2n) is 3.58. The Bertz CT molecular complexity index is 558. The molecule has 0 saturated carbocycles. The molecule has 2 heterocycles. The van der Waals surface area contributed by atoms with E-state index >= 15 is 0 Å². The molecular weight excluding hydrogens is 246 g/mol. The highest BCUT2D eigenvalue weighted by molar-refractivity contribution is 5.94. The maximum absolute atomic E-state index is 11.6. The summed E-state index contributed by atoms with van der Waals surface area (Å²) in [5.74, 6) is -0.605. The molecule has 2 rings (SSSR count). The van der Waals surface area contributed by atoms with Crippen molar-refractivity contribution in [2.24, 2.45) is 0 Å². The Morgan fingerprint density at radius 1 is 1.11 bits per heavy atom. The van der Waals surface area contributed by atoms with Crippen molar-refractivity contribution in [2.75, 3.05) is 11.9 Å². The summed E-state index contributed by atoms with van der Waals surface area (Å²) in [5.41, 5.74) is 0.348. The van der Waals surface area contributed by atoms with Crippen molar-refractivity contribution in [3.8, 4) is 0 Å². The fourth-order valence-electron chi connectivity index (χ4n) is 1.32. The van der Waals surface area contributed by atoms with E-state index in [9.17, 15) is 9.59 Å². The van der Waals surface area contributed by atoms with Crippen molar-refractivity contribution < 1.29 is 14.3 Å². The molecular formula is C13H11N3O3. The normalized spacial score (nSPS) is 9.68. The molecule has 1 amide bonds. The quantitative estimate of drug-likeness (QED) is 0.834. The van der Waals surface area contributed by atoms with Crippen molar-refractivity contribution >= 4 is 17.7 Å². The number of hydrogen-bond donors (Lipinski definition) is 1. The summed E-state index contributed by atoms with van der Waals surface area (Å²) >= 11 is 0. The van der Waals surface area contributed by atoms with Gasteiger partial charge in [-0.3, -0.25) is 9.78 Å². The minimum absolute atomic E-state index is 0.348. The molecule has 0 atom stereocenters. The van der Waals surface area contributed by atoms with Crippen LogP contribution in [0.2, 0.25) is 0 Å². The highest BCUT2D eigenvalue weighted by Crippen LogP contribution is 2.01. The van der Waals surface area contributed by atoms with Crippen molar-refractivity contribution in [2.45, 2.75) is 0 Å². The first-order chi connectivity index (χ1) is 9.25. The molecule has 2 aromatic heterocycles. The van der Waals surface area contributed by atoms with Crippen LogP contribution in [0.1, 0.15) is 10.4 Å². The number of anilines is 1. The Morgan fingerprint density at radius 3 is 2.58 bits per heavy atom. The summed E-state index contributed by atoms with van der Waals surface area (Å²) in [6, 6.07) is 8.14. The lowest BCUT2D eigenvalue weighted by Crippen LogP contribution is -2.21. The maximum Gasteiger partial charge on any atom is 0.338 e. The smallest absolute Gasteiger partial charge is 0.338 e. The van der Waals surface area contributed by atoms with Crippen LogP contribution in [0.5, 0.6) is 0 Å². The number of ether oxygens (including phenoxy) is 1. The summed E-state index contributed by atoms with van der Waals surface area (Å²) in [5, 5.41) is 2.51. The number of carbonyl (C=O) groups is 2. The van der Waals surface area contributed by atoms with Crippen LogP contribution < -0.4 is 5.32 Å². The number of nitrogens with zero attached hydrogens (tertiary/aromatic N) is 2. The van der Waals surface area contributed by atoms with Crippen LogP contribution in [0, 0.1) is 0 Å². The summed E-state index contributed by atoms with van der Waals surface area (Å²) in [4.78, 5) is 30.8. The highest BCUT2D eigenvalue weighted by atomic mass is 16.5. The lowest BCUT2D eigenvalue weighted by atomic mass is 10.3. The van der Waals surface area contributed by atoms with Gasteiger partial charge in [-0.25, -0.2) is 9.78 Å². The molecule has 0 spiro atoms. The van der Waals surface area contributed by atoms with Gasteiger partial charge in [0.15, 0.2) is 6.61 Å². The van der Waals surface area contributed by atoms with Crippen molar-refractivity contribution in [1.82, 2.24) is 9.97 Å². The molecule has 0 aliphatic rings. The first kappa shape index (κ1) is 12.7. The van der Waals surface area contributed by atoms with Gasteiger partial charge in [-0.2, -0.15) is 0 Å². The van der Waals surface area contributed by atoms with Crippen LogP contribution in [0.15, 0.2) is 48.9 Å². The summed E-state index contributed by atoms with van der Waals surface area (Å²) in [7, 11) is 0. The fraction of sp³-hybridized carbons (Fsp3) is 0.0769.